The second-order valence-corrected chi connectivity index (χ2v) is 5.33. The van der Waals surface area contributed by atoms with Crippen LogP contribution in [0.5, 0.6) is 11.5 Å². The standard InChI is InChI=1S/C16H26N2O3/c1-3-10-21-15-5-4-13(11-16(15)20-2)14(19)12-18-8-6-17-7-9-18/h4-5,11,14,17,19H,3,6-10,12H2,1-2H3. The van der Waals surface area contributed by atoms with Crippen LogP contribution < -0.4 is 14.8 Å². The van der Waals surface area contributed by atoms with Gasteiger partial charge < -0.3 is 19.9 Å². The average molecular weight is 294 g/mol. The molecule has 0 bridgehead atoms. The lowest BCUT2D eigenvalue weighted by atomic mass is 10.1. The highest BCUT2D eigenvalue weighted by atomic mass is 16.5. The lowest BCUT2D eigenvalue weighted by Crippen LogP contribution is -2.44. The van der Waals surface area contributed by atoms with Gasteiger partial charge in [0.2, 0.25) is 0 Å². The summed E-state index contributed by atoms with van der Waals surface area (Å²) in [6, 6.07) is 5.67. The van der Waals surface area contributed by atoms with Crippen molar-refractivity contribution in [3.05, 3.63) is 23.8 Å². The normalized spacial score (nSPS) is 17.5. The monoisotopic (exact) mass is 294 g/mol. The van der Waals surface area contributed by atoms with E-state index in [1.807, 2.05) is 18.2 Å². The molecule has 1 fully saturated rings. The Hall–Kier alpha value is -1.30. The molecule has 0 saturated carbocycles. The van der Waals surface area contributed by atoms with Gasteiger partial charge in [-0.2, -0.15) is 0 Å². The minimum Gasteiger partial charge on any atom is -0.493 e. The van der Waals surface area contributed by atoms with E-state index in [9.17, 15) is 5.11 Å². The summed E-state index contributed by atoms with van der Waals surface area (Å²) >= 11 is 0. The van der Waals surface area contributed by atoms with Gasteiger partial charge >= 0.3 is 0 Å². The number of hydrogen-bond donors (Lipinski definition) is 2. The smallest absolute Gasteiger partial charge is 0.161 e. The van der Waals surface area contributed by atoms with Crippen molar-refractivity contribution in [2.75, 3.05) is 46.4 Å². The van der Waals surface area contributed by atoms with Crippen LogP contribution in [0.25, 0.3) is 0 Å². The van der Waals surface area contributed by atoms with Crippen molar-refractivity contribution < 1.29 is 14.6 Å². The Bertz CT molecular complexity index is 434. The quantitative estimate of drug-likeness (QED) is 0.796. The molecule has 1 aliphatic rings. The van der Waals surface area contributed by atoms with E-state index in [-0.39, 0.29) is 0 Å². The maximum Gasteiger partial charge on any atom is 0.161 e. The van der Waals surface area contributed by atoms with E-state index in [0.717, 1.165) is 43.9 Å². The molecule has 1 aromatic carbocycles. The first-order chi connectivity index (χ1) is 10.2. The van der Waals surface area contributed by atoms with Gasteiger partial charge in [-0.05, 0) is 24.1 Å². The minimum atomic E-state index is -0.503. The largest absolute Gasteiger partial charge is 0.493 e. The highest BCUT2D eigenvalue weighted by Crippen LogP contribution is 2.30. The predicted molar refractivity (Wildman–Crippen MR) is 83.0 cm³/mol. The molecular formula is C16H26N2O3. The molecule has 1 atom stereocenters. The van der Waals surface area contributed by atoms with Crippen molar-refractivity contribution in [3.63, 3.8) is 0 Å². The van der Waals surface area contributed by atoms with E-state index in [1.165, 1.54) is 0 Å². The van der Waals surface area contributed by atoms with Crippen LogP contribution in [0.3, 0.4) is 0 Å². The molecule has 1 aromatic rings. The fourth-order valence-electron chi connectivity index (χ4n) is 2.47. The number of nitrogens with zero attached hydrogens (tertiary/aromatic N) is 1. The number of ether oxygens (including phenoxy) is 2. The van der Waals surface area contributed by atoms with Gasteiger partial charge in [-0.25, -0.2) is 0 Å². The van der Waals surface area contributed by atoms with Crippen molar-refractivity contribution in [1.82, 2.24) is 10.2 Å². The molecule has 0 amide bonds. The molecule has 0 aliphatic carbocycles. The molecule has 5 nitrogen and oxygen atoms in total. The molecular weight excluding hydrogens is 268 g/mol. The Balaban J connectivity index is 2.01. The first-order valence-electron chi connectivity index (χ1n) is 7.66. The SMILES string of the molecule is CCCOc1ccc(C(O)CN2CCNCC2)cc1OC. The van der Waals surface area contributed by atoms with Gasteiger partial charge in [-0.15, -0.1) is 0 Å². The molecule has 0 radical (unpaired) electrons. The third-order valence-electron chi connectivity index (χ3n) is 3.67. The van der Waals surface area contributed by atoms with Crippen molar-refractivity contribution in [2.45, 2.75) is 19.4 Å². The summed E-state index contributed by atoms with van der Waals surface area (Å²) in [5.41, 5.74) is 0.870. The van der Waals surface area contributed by atoms with E-state index in [0.29, 0.717) is 18.9 Å². The highest BCUT2D eigenvalue weighted by molar-refractivity contribution is 5.43. The lowest BCUT2D eigenvalue weighted by molar-refractivity contribution is 0.105. The first kappa shape index (κ1) is 16.1. The van der Waals surface area contributed by atoms with Crippen LogP contribution in [0.15, 0.2) is 18.2 Å². The molecule has 5 heteroatoms. The Morgan fingerprint density at radius 2 is 2.05 bits per heavy atom. The van der Waals surface area contributed by atoms with Crippen molar-refractivity contribution in [2.24, 2.45) is 0 Å². The Labute approximate surface area is 126 Å². The van der Waals surface area contributed by atoms with Gasteiger partial charge in [0.25, 0.3) is 0 Å². The summed E-state index contributed by atoms with van der Waals surface area (Å²) in [5.74, 6) is 1.41. The summed E-state index contributed by atoms with van der Waals surface area (Å²) in [4.78, 5) is 2.27. The molecule has 2 N–H and O–H groups in total. The zero-order valence-electron chi connectivity index (χ0n) is 13.0. The maximum absolute atomic E-state index is 10.4. The van der Waals surface area contributed by atoms with Crippen LogP contribution in [0.2, 0.25) is 0 Å². The molecule has 21 heavy (non-hydrogen) atoms. The van der Waals surface area contributed by atoms with Gasteiger partial charge in [0, 0.05) is 32.7 Å². The number of nitrogens with one attached hydrogen (secondary N) is 1. The van der Waals surface area contributed by atoms with Crippen molar-refractivity contribution in [3.8, 4) is 11.5 Å². The number of hydrogen-bond acceptors (Lipinski definition) is 5. The number of piperazine rings is 1. The summed E-state index contributed by atoms with van der Waals surface area (Å²) in [5, 5.41) is 13.7. The van der Waals surface area contributed by atoms with E-state index in [2.05, 4.69) is 17.1 Å². The van der Waals surface area contributed by atoms with Gasteiger partial charge in [-0.1, -0.05) is 13.0 Å². The van der Waals surface area contributed by atoms with Crippen LogP contribution >= 0.6 is 0 Å². The first-order valence-corrected chi connectivity index (χ1v) is 7.66. The summed E-state index contributed by atoms with van der Waals surface area (Å²) in [7, 11) is 1.63. The summed E-state index contributed by atoms with van der Waals surface area (Å²) in [6.07, 6.45) is 0.452. The number of β-amino-alcohol motifs (C(OH)–C–C–N with tert-alkyl or cyclic N) is 1. The molecule has 118 valence electrons. The van der Waals surface area contributed by atoms with Crippen molar-refractivity contribution >= 4 is 0 Å². The zero-order chi connectivity index (χ0) is 15.1. The molecule has 0 spiro atoms. The third-order valence-corrected chi connectivity index (χ3v) is 3.67. The maximum atomic E-state index is 10.4. The summed E-state index contributed by atoms with van der Waals surface area (Å²) in [6.45, 7) is 7.31. The second kappa shape index (κ2) is 8.22. The van der Waals surface area contributed by atoms with Gasteiger partial charge in [-0.3, -0.25) is 4.90 Å². The Morgan fingerprint density at radius 3 is 2.71 bits per heavy atom. The van der Waals surface area contributed by atoms with Gasteiger partial charge in [0.1, 0.15) is 0 Å². The fourth-order valence-corrected chi connectivity index (χ4v) is 2.47. The topological polar surface area (TPSA) is 54.0 Å². The van der Waals surface area contributed by atoms with E-state index < -0.39 is 6.10 Å². The number of rotatable bonds is 7. The molecule has 1 heterocycles. The number of methoxy groups -OCH3 is 1. The van der Waals surface area contributed by atoms with E-state index in [1.54, 1.807) is 7.11 Å². The van der Waals surface area contributed by atoms with Crippen LogP contribution in [0.1, 0.15) is 25.0 Å². The average Bonchev–Trinajstić information content (AvgIpc) is 2.53. The fraction of sp³-hybridized carbons (Fsp3) is 0.625. The van der Waals surface area contributed by atoms with Crippen LogP contribution in [-0.2, 0) is 0 Å². The molecule has 2 rings (SSSR count). The molecule has 1 unspecified atom stereocenters. The molecule has 1 saturated heterocycles. The summed E-state index contributed by atoms with van der Waals surface area (Å²) < 4.78 is 11.0. The van der Waals surface area contributed by atoms with Crippen LogP contribution in [0, 0.1) is 0 Å². The van der Waals surface area contributed by atoms with E-state index in [4.69, 9.17) is 9.47 Å². The Kier molecular flexibility index (Phi) is 6.29. The van der Waals surface area contributed by atoms with Gasteiger partial charge in [0.15, 0.2) is 11.5 Å². The predicted octanol–water partition coefficient (Wildman–Crippen LogP) is 1.42. The highest BCUT2D eigenvalue weighted by Gasteiger charge is 2.17. The van der Waals surface area contributed by atoms with Gasteiger partial charge in [0.05, 0.1) is 19.8 Å². The Morgan fingerprint density at radius 1 is 1.29 bits per heavy atom. The minimum absolute atomic E-state index is 0.503. The third kappa shape index (κ3) is 4.59. The molecule has 1 aliphatic heterocycles. The van der Waals surface area contributed by atoms with Crippen LogP contribution in [-0.4, -0.2) is 56.4 Å². The second-order valence-electron chi connectivity index (χ2n) is 5.33. The number of aliphatic hydroxyl groups is 1. The number of benzene rings is 1. The molecule has 0 aromatic heterocycles. The number of aliphatic hydroxyl groups excluding tert-OH is 1. The van der Waals surface area contributed by atoms with Crippen molar-refractivity contribution in [1.29, 1.82) is 0 Å². The zero-order valence-corrected chi connectivity index (χ0v) is 13.0. The van der Waals surface area contributed by atoms with Crippen LogP contribution in [0.4, 0.5) is 0 Å². The van der Waals surface area contributed by atoms with E-state index >= 15 is 0 Å². The lowest BCUT2D eigenvalue weighted by Gasteiger charge is -2.29.